The molecule has 178 valence electrons. The van der Waals surface area contributed by atoms with Crippen molar-refractivity contribution in [3.8, 4) is 5.75 Å². The molecular weight excluding hydrogens is 466 g/mol. The van der Waals surface area contributed by atoms with Gasteiger partial charge in [-0.2, -0.15) is 4.72 Å². The number of hydrogen-bond acceptors (Lipinski definition) is 6. The minimum absolute atomic E-state index is 0.00851. The van der Waals surface area contributed by atoms with Crippen molar-refractivity contribution in [2.24, 2.45) is 4.99 Å². The van der Waals surface area contributed by atoms with Gasteiger partial charge in [-0.1, -0.05) is 23.7 Å². The number of carbonyl (C=O) groups excluding carboxylic acids is 1. The molecule has 0 atom stereocenters. The molecule has 0 spiro atoms. The lowest BCUT2D eigenvalue weighted by molar-refractivity contribution is -0.153. The molecule has 0 heterocycles. The van der Waals surface area contributed by atoms with Crippen molar-refractivity contribution >= 4 is 39.6 Å². The van der Waals surface area contributed by atoms with Crippen molar-refractivity contribution in [2.45, 2.75) is 51.2 Å². The number of amidine groups is 1. The van der Waals surface area contributed by atoms with Crippen LogP contribution in [0.3, 0.4) is 0 Å². The molecule has 10 heteroatoms. The Kier molecular flexibility index (Phi) is 8.76. The second kappa shape index (κ2) is 10.9. The molecule has 0 fully saturated rings. The summed E-state index contributed by atoms with van der Waals surface area (Å²) in [5.41, 5.74) is 0.404. The van der Waals surface area contributed by atoms with E-state index in [0.29, 0.717) is 21.9 Å². The highest BCUT2D eigenvalue weighted by molar-refractivity contribution is 7.89. The monoisotopic (exact) mass is 493 g/mol. The molecule has 2 aromatic rings. The molecule has 2 aromatic carbocycles. The normalized spacial score (nSPS) is 12.2. The van der Waals surface area contributed by atoms with Crippen LogP contribution in [0.25, 0.3) is 0 Å². The molecule has 2 rings (SSSR count). The lowest BCUT2D eigenvalue weighted by atomic mass is 10.2. The Bertz CT molecular complexity index is 1140. The first-order valence-corrected chi connectivity index (χ1v) is 12.0. The van der Waals surface area contributed by atoms with Gasteiger partial charge in [-0.3, -0.25) is 10.2 Å². The van der Waals surface area contributed by atoms with E-state index in [9.17, 15) is 13.2 Å². The van der Waals surface area contributed by atoms with Gasteiger partial charge in [0.15, 0.2) is 5.84 Å². The van der Waals surface area contributed by atoms with Crippen LogP contribution in [-0.2, 0) is 19.6 Å². The molecule has 0 bridgehead atoms. The van der Waals surface area contributed by atoms with E-state index in [2.05, 4.69) is 9.71 Å². The fraction of sp³-hybridized carbons (Fsp3) is 0.348. The number of nitrogens with zero attached hydrogens (tertiary/aromatic N) is 1. The summed E-state index contributed by atoms with van der Waals surface area (Å²) >= 11 is 6.21. The number of halogens is 1. The number of sulfonamides is 1. The molecule has 0 saturated carbocycles. The third kappa shape index (κ3) is 8.60. The van der Waals surface area contributed by atoms with Crippen LogP contribution in [0.15, 0.2) is 52.4 Å². The van der Waals surface area contributed by atoms with Crippen LogP contribution in [0.4, 0.5) is 0 Å². The maximum absolute atomic E-state index is 12.4. The van der Waals surface area contributed by atoms with Crippen molar-refractivity contribution in [1.29, 1.82) is 5.41 Å². The van der Waals surface area contributed by atoms with Gasteiger partial charge in [0.2, 0.25) is 10.0 Å². The van der Waals surface area contributed by atoms with Crippen molar-refractivity contribution in [2.75, 3.05) is 6.54 Å². The predicted molar refractivity (Wildman–Crippen MR) is 129 cm³/mol. The Morgan fingerprint density at radius 3 is 2.36 bits per heavy atom. The predicted octanol–water partition coefficient (Wildman–Crippen LogP) is 4.19. The Morgan fingerprint density at radius 1 is 1.18 bits per heavy atom. The highest BCUT2D eigenvalue weighted by atomic mass is 35.5. The van der Waals surface area contributed by atoms with Crippen molar-refractivity contribution < 1.29 is 22.7 Å². The third-order valence-electron chi connectivity index (χ3n) is 3.93. The van der Waals surface area contributed by atoms with E-state index in [4.69, 9.17) is 26.5 Å². The standard InChI is InChI=1S/C23H28ClN3O5S/c1-15(2)31-20-11-8-17(12-19(20)24)22(25)26-13-16-6-9-18(10-7-16)33(29,30)27-14-21(28)32-23(3,4)5/h6-13,15,25,27H,14H2,1-5H3. The number of carbonyl (C=O) groups is 1. The molecule has 0 saturated heterocycles. The number of esters is 1. The third-order valence-corrected chi connectivity index (χ3v) is 5.64. The van der Waals surface area contributed by atoms with Crippen LogP contribution in [0.2, 0.25) is 5.02 Å². The van der Waals surface area contributed by atoms with E-state index in [1.54, 1.807) is 51.1 Å². The van der Waals surface area contributed by atoms with Crippen molar-refractivity contribution in [1.82, 2.24) is 4.72 Å². The molecule has 33 heavy (non-hydrogen) atoms. The Balaban J connectivity index is 2.02. The van der Waals surface area contributed by atoms with E-state index >= 15 is 0 Å². The van der Waals surface area contributed by atoms with Gasteiger partial charge in [-0.15, -0.1) is 0 Å². The maximum atomic E-state index is 12.4. The van der Waals surface area contributed by atoms with Gasteiger partial charge in [0.05, 0.1) is 16.0 Å². The largest absolute Gasteiger partial charge is 0.489 e. The van der Waals surface area contributed by atoms with Gasteiger partial charge in [0.1, 0.15) is 17.9 Å². The van der Waals surface area contributed by atoms with Gasteiger partial charge < -0.3 is 9.47 Å². The zero-order chi connectivity index (χ0) is 24.8. The van der Waals surface area contributed by atoms with E-state index < -0.39 is 28.1 Å². The summed E-state index contributed by atoms with van der Waals surface area (Å²) in [7, 11) is -3.88. The van der Waals surface area contributed by atoms with Gasteiger partial charge in [-0.25, -0.2) is 13.4 Å². The van der Waals surface area contributed by atoms with Gasteiger partial charge in [0.25, 0.3) is 0 Å². The molecule has 0 aliphatic heterocycles. The summed E-state index contributed by atoms with van der Waals surface area (Å²) in [5, 5.41) is 8.52. The second-order valence-corrected chi connectivity index (χ2v) is 10.6. The Hall–Kier alpha value is -2.75. The molecule has 2 N–H and O–H groups in total. The van der Waals surface area contributed by atoms with Crippen LogP contribution in [0.1, 0.15) is 45.7 Å². The second-order valence-electron chi connectivity index (χ2n) is 8.40. The van der Waals surface area contributed by atoms with Crippen molar-refractivity contribution in [3.05, 3.63) is 58.6 Å². The molecule has 0 aliphatic rings. The zero-order valence-electron chi connectivity index (χ0n) is 19.2. The molecule has 0 unspecified atom stereocenters. The van der Waals surface area contributed by atoms with Crippen LogP contribution in [0, 0.1) is 5.41 Å². The molecular formula is C23H28ClN3O5S. The number of benzene rings is 2. The Labute approximate surface area is 199 Å². The maximum Gasteiger partial charge on any atom is 0.321 e. The first-order valence-electron chi connectivity index (χ1n) is 10.2. The number of nitrogens with one attached hydrogen (secondary N) is 2. The average molecular weight is 494 g/mol. The number of aliphatic imine (C=N–C) groups is 1. The number of hydrogen-bond donors (Lipinski definition) is 2. The lowest BCUT2D eigenvalue weighted by Gasteiger charge is -2.19. The summed E-state index contributed by atoms with van der Waals surface area (Å²) in [6.45, 7) is 8.41. The zero-order valence-corrected chi connectivity index (χ0v) is 20.8. The van der Waals surface area contributed by atoms with Gasteiger partial charge in [0, 0.05) is 11.8 Å². The highest BCUT2D eigenvalue weighted by Gasteiger charge is 2.20. The molecule has 0 aliphatic carbocycles. The summed E-state index contributed by atoms with van der Waals surface area (Å²) in [6.07, 6.45) is 1.42. The number of ether oxygens (including phenoxy) is 2. The van der Waals surface area contributed by atoms with Crippen molar-refractivity contribution in [3.63, 3.8) is 0 Å². The summed E-state index contributed by atoms with van der Waals surface area (Å²) in [5.74, 6) is -0.148. The van der Waals surface area contributed by atoms with E-state index in [-0.39, 0.29) is 16.8 Å². The van der Waals surface area contributed by atoms with Gasteiger partial charge >= 0.3 is 5.97 Å². The van der Waals surface area contributed by atoms with E-state index in [1.165, 1.54) is 18.3 Å². The van der Waals surface area contributed by atoms with Crippen LogP contribution in [0.5, 0.6) is 5.75 Å². The molecule has 0 amide bonds. The quantitative estimate of drug-likeness (QED) is 0.324. The highest BCUT2D eigenvalue weighted by Crippen LogP contribution is 2.26. The van der Waals surface area contributed by atoms with Crippen LogP contribution >= 0.6 is 11.6 Å². The van der Waals surface area contributed by atoms with Crippen LogP contribution < -0.4 is 9.46 Å². The van der Waals surface area contributed by atoms with E-state index in [1.807, 2.05) is 13.8 Å². The minimum Gasteiger partial charge on any atom is -0.489 e. The van der Waals surface area contributed by atoms with Gasteiger partial charge in [-0.05, 0) is 70.5 Å². The molecule has 0 aromatic heterocycles. The fourth-order valence-corrected chi connectivity index (χ4v) is 3.75. The fourth-order valence-electron chi connectivity index (χ4n) is 2.56. The average Bonchev–Trinajstić information content (AvgIpc) is 2.71. The van der Waals surface area contributed by atoms with E-state index in [0.717, 1.165) is 0 Å². The Morgan fingerprint density at radius 2 is 1.82 bits per heavy atom. The summed E-state index contributed by atoms with van der Waals surface area (Å²) in [6, 6.07) is 10.8. The lowest BCUT2D eigenvalue weighted by Crippen LogP contribution is -2.34. The summed E-state index contributed by atoms with van der Waals surface area (Å²) < 4.78 is 37.6. The first kappa shape index (κ1) is 26.5. The topological polar surface area (TPSA) is 118 Å². The molecule has 8 nitrogen and oxygen atoms in total. The minimum atomic E-state index is -3.88. The smallest absolute Gasteiger partial charge is 0.321 e. The molecule has 0 radical (unpaired) electrons. The van der Waals surface area contributed by atoms with Crippen LogP contribution in [-0.4, -0.2) is 44.7 Å². The first-order chi connectivity index (χ1) is 15.3. The summed E-state index contributed by atoms with van der Waals surface area (Å²) in [4.78, 5) is 15.8. The number of rotatable bonds is 8. The SMILES string of the molecule is CC(C)Oc1ccc(C(=N)N=Cc2ccc(S(=O)(=O)NCC(=O)OC(C)(C)C)cc2)cc1Cl.